The van der Waals surface area contributed by atoms with Gasteiger partial charge in [-0.25, -0.2) is 9.97 Å². The van der Waals surface area contributed by atoms with Gasteiger partial charge in [-0.15, -0.1) is 11.3 Å². The second-order valence-electron chi connectivity index (χ2n) is 10.2. The van der Waals surface area contributed by atoms with Crippen molar-refractivity contribution in [3.05, 3.63) is 121 Å². The number of benzene rings is 6. The van der Waals surface area contributed by atoms with Crippen LogP contribution in [0.1, 0.15) is 0 Å². The number of para-hydroxylation sites is 1. The van der Waals surface area contributed by atoms with Crippen molar-refractivity contribution in [3.8, 4) is 22.6 Å². The zero-order valence-electron chi connectivity index (χ0n) is 21.3. The third kappa shape index (κ3) is 3.11. The molecule has 3 heterocycles. The molecule has 0 spiro atoms. The van der Waals surface area contributed by atoms with E-state index in [0.29, 0.717) is 5.82 Å². The summed E-state index contributed by atoms with van der Waals surface area (Å²) in [6.45, 7) is 0. The van der Waals surface area contributed by atoms with E-state index >= 15 is 0 Å². The number of fused-ring (bicyclic) bond motifs is 10. The van der Waals surface area contributed by atoms with Gasteiger partial charge in [0.1, 0.15) is 11.2 Å². The normalized spacial score (nSPS) is 12.0. The Kier molecular flexibility index (Phi) is 4.48. The molecule has 9 rings (SSSR count). The van der Waals surface area contributed by atoms with Gasteiger partial charge in [-0.1, -0.05) is 84.9 Å². The first-order valence-electron chi connectivity index (χ1n) is 13.3. The summed E-state index contributed by atoms with van der Waals surface area (Å²) in [5.74, 6) is 0.695. The van der Waals surface area contributed by atoms with E-state index in [9.17, 15) is 0 Å². The SMILES string of the molecule is c1ccc(-c2nc(-c3ccc4c(c3)oc3ccccc34)nc3c2ccc2sc4ccc5ccccc5c4c23)cc1. The zero-order chi connectivity index (χ0) is 26.2. The van der Waals surface area contributed by atoms with E-state index < -0.39 is 0 Å². The van der Waals surface area contributed by atoms with Gasteiger partial charge in [-0.3, -0.25) is 0 Å². The predicted octanol–water partition coefficient (Wildman–Crippen LogP) is 10.4. The van der Waals surface area contributed by atoms with Crippen molar-refractivity contribution in [1.82, 2.24) is 9.97 Å². The second-order valence-corrected chi connectivity index (χ2v) is 11.3. The van der Waals surface area contributed by atoms with Crippen molar-refractivity contribution in [2.24, 2.45) is 0 Å². The van der Waals surface area contributed by atoms with E-state index in [1.165, 1.54) is 30.9 Å². The van der Waals surface area contributed by atoms with Gasteiger partial charge >= 0.3 is 0 Å². The van der Waals surface area contributed by atoms with Crippen molar-refractivity contribution >= 4 is 75.1 Å². The highest BCUT2D eigenvalue weighted by molar-refractivity contribution is 7.26. The van der Waals surface area contributed by atoms with Crippen LogP contribution in [-0.2, 0) is 0 Å². The first-order chi connectivity index (χ1) is 19.8. The minimum absolute atomic E-state index is 0.695. The standard InChI is InChI=1S/C36H20N2OS/c1-2-9-22(10-3-1)34-27-17-19-31-33(32-24-11-5-4-8-21(24)15-18-30(32)40-31)35(27)38-36(37-34)23-14-16-26-25-12-6-7-13-28(25)39-29(26)20-23/h1-20H. The zero-order valence-corrected chi connectivity index (χ0v) is 22.1. The summed E-state index contributed by atoms with van der Waals surface area (Å²) in [6.07, 6.45) is 0. The molecule has 3 nitrogen and oxygen atoms in total. The molecule has 0 saturated carbocycles. The van der Waals surface area contributed by atoms with Gasteiger partial charge in [-0.05, 0) is 47.2 Å². The molecule has 186 valence electrons. The molecule has 3 aromatic heterocycles. The van der Waals surface area contributed by atoms with E-state index in [4.69, 9.17) is 14.4 Å². The third-order valence-corrected chi connectivity index (χ3v) is 9.00. The highest BCUT2D eigenvalue weighted by Crippen LogP contribution is 2.43. The third-order valence-electron chi connectivity index (χ3n) is 7.88. The molecule has 9 aromatic rings. The first-order valence-corrected chi connectivity index (χ1v) is 14.2. The molecule has 0 unspecified atom stereocenters. The summed E-state index contributed by atoms with van der Waals surface area (Å²) >= 11 is 1.82. The Labute approximate surface area is 233 Å². The lowest BCUT2D eigenvalue weighted by molar-refractivity contribution is 0.669. The Morgan fingerprint density at radius 2 is 1.23 bits per heavy atom. The summed E-state index contributed by atoms with van der Waals surface area (Å²) in [5.41, 5.74) is 5.66. The summed E-state index contributed by atoms with van der Waals surface area (Å²) in [7, 11) is 0. The highest BCUT2D eigenvalue weighted by atomic mass is 32.1. The van der Waals surface area contributed by atoms with Crippen LogP contribution in [0.15, 0.2) is 126 Å². The molecule has 6 aromatic carbocycles. The lowest BCUT2D eigenvalue weighted by Gasteiger charge is -2.11. The van der Waals surface area contributed by atoms with E-state index in [0.717, 1.165) is 49.7 Å². The molecule has 40 heavy (non-hydrogen) atoms. The average Bonchev–Trinajstić information content (AvgIpc) is 3.59. The molecule has 0 atom stereocenters. The van der Waals surface area contributed by atoms with Crippen molar-refractivity contribution in [3.63, 3.8) is 0 Å². The maximum Gasteiger partial charge on any atom is 0.160 e. The Hall–Kier alpha value is -5.06. The number of nitrogens with zero attached hydrogens (tertiary/aromatic N) is 2. The second kappa shape index (κ2) is 8.22. The predicted molar refractivity (Wildman–Crippen MR) is 168 cm³/mol. The van der Waals surface area contributed by atoms with Gasteiger partial charge < -0.3 is 4.42 Å². The Balaban J connectivity index is 1.41. The molecule has 0 N–H and O–H groups in total. The molecule has 0 aliphatic heterocycles. The number of aromatic nitrogens is 2. The number of thiophene rings is 1. The molecule has 0 saturated heterocycles. The van der Waals surface area contributed by atoms with Crippen molar-refractivity contribution in [1.29, 1.82) is 0 Å². The maximum atomic E-state index is 6.23. The van der Waals surface area contributed by atoms with E-state index in [1.807, 2.05) is 35.6 Å². The monoisotopic (exact) mass is 528 g/mol. The minimum atomic E-state index is 0.695. The van der Waals surface area contributed by atoms with Gasteiger partial charge in [0, 0.05) is 47.5 Å². The Bertz CT molecular complexity index is 2440. The summed E-state index contributed by atoms with van der Waals surface area (Å²) < 4.78 is 8.73. The fraction of sp³-hybridized carbons (Fsp3) is 0. The van der Waals surface area contributed by atoms with Gasteiger partial charge in [0.25, 0.3) is 0 Å². The maximum absolute atomic E-state index is 6.23. The van der Waals surface area contributed by atoms with E-state index in [2.05, 4.69) is 97.1 Å². The van der Waals surface area contributed by atoms with Crippen LogP contribution in [0.5, 0.6) is 0 Å². The quantitative estimate of drug-likeness (QED) is 0.224. The topological polar surface area (TPSA) is 38.9 Å². The molecular weight excluding hydrogens is 508 g/mol. The molecule has 0 aliphatic rings. The summed E-state index contributed by atoms with van der Waals surface area (Å²) in [4.78, 5) is 10.5. The molecule has 0 aliphatic carbocycles. The molecular formula is C36H20N2OS. The number of rotatable bonds is 2. The van der Waals surface area contributed by atoms with Crippen LogP contribution in [-0.4, -0.2) is 9.97 Å². The van der Waals surface area contributed by atoms with Crippen molar-refractivity contribution < 1.29 is 4.42 Å². The van der Waals surface area contributed by atoms with Gasteiger partial charge in [0.05, 0.1) is 11.2 Å². The van der Waals surface area contributed by atoms with Crippen LogP contribution < -0.4 is 0 Å². The van der Waals surface area contributed by atoms with Crippen molar-refractivity contribution in [2.45, 2.75) is 0 Å². The number of furan rings is 1. The lowest BCUT2D eigenvalue weighted by atomic mass is 10.00. The van der Waals surface area contributed by atoms with Crippen LogP contribution in [0.3, 0.4) is 0 Å². The van der Waals surface area contributed by atoms with E-state index in [-0.39, 0.29) is 0 Å². The van der Waals surface area contributed by atoms with Gasteiger partial charge in [-0.2, -0.15) is 0 Å². The van der Waals surface area contributed by atoms with Crippen molar-refractivity contribution in [2.75, 3.05) is 0 Å². The highest BCUT2D eigenvalue weighted by Gasteiger charge is 2.18. The fourth-order valence-corrected chi connectivity index (χ4v) is 7.15. The van der Waals surface area contributed by atoms with Gasteiger partial charge in [0.15, 0.2) is 5.82 Å². The molecule has 0 fully saturated rings. The summed E-state index contributed by atoms with van der Waals surface area (Å²) in [6, 6.07) is 42.4. The fourth-order valence-electron chi connectivity index (χ4n) is 6.03. The lowest BCUT2D eigenvalue weighted by Crippen LogP contribution is -1.95. The molecule has 0 radical (unpaired) electrons. The van der Waals surface area contributed by atoms with Crippen LogP contribution in [0.25, 0.3) is 86.4 Å². The minimum Gasteiger partial charge on any atom is -0.456 e. The Morgan fingerprint density at radius 3 is 2.15 bits per heavy atom. The van der Waals surface area contributed by atoms with E-state index in [1.54, 1.807) is 0 Å². The van der Waals surface area contributed by atoms with Crippen LogP contribution in [0.2, 0.25) is 0 Å². The van der Waals surface area contributed by atoms with Gasteiger partial charge in [0.2, 0.25) is 0 Å². The molecule has 0 bridgehead atoms. The van der Waals surface area contributed by atoms with Crippen LogP contribution in [0, 0.1) is 0 Å². The Morgan fingerprint density at radius 1 is 0.500 bits per heavy atom. The number of hydrogen-bond acceptors (Lipinski definition) is 4. The first kappa shape index (κ1) is 21.8. The average molecular weight is 529 g/mol. The summed E-state index contributed by atoms with van der Waals surface area (Å²) in [5, 5.41) is 8.22. The molecule has 0 amide bonds. The smallest absolute Gasteiger partial charge is 0.160 e. The number of hydrogen-bond donors (Lipinski definition) is 0. The van der Waals surface area contributed by atoms with Crippen LogP contribution in [0.4, 0.5) is 0 Å². The largest absolute Gasteiger partial charge is 0.456 e. The molecule has 4 heteroatoms. The van der Waals surface area contributed by atoms with Crippen LogP contribution >= 0.6 is 11.3 Å².